The molecule has 0 aromatic carbocycles. The molecule has 4 N–H and O–H groups in total. The molecular formula is C13H17N5O2. The Bertz CT molecular complexity index is 591. The lowest BCUT2D eigenvalue weighted by Crippen LogP contribution is -2.24. The van der Waals surface area contributed by atoms with Gasteiger partial charge in [-0.25, -0.2) is 4.98 Å². The maximum absolute atomic E-state index is 12.0. The minimum Gasteiger partial charge on any atom is -0.481 e. The Morgan fingerprint density at radius 3 is 2.85 bits per heavy atom. The van der Waals surface area contributed by atoms with E-state index in [4.69, 9.17) is 10.5 Å². The third kappa shape index (κ3) is 2.87. The van der Waals surface area contributed by atoms with E-state index in [1.807, 2.05) is 13.0 Å². The molecule has 0 saturated heterocycles. The number of pyridine rings is 1. The van der Waals surface area contributed by atoms with Crippen LogP contribution >= 0.6 is 0 Å². The number of carbonyl (C=O) groups is 1. The Balaban J connectivity index is 1.99. The number of hydrogen-bond acceptors (Lipinski definition) is 5. The summed E-state index contributed by atoms with van der Waals surface area (Å²) in [5.74, 6) is 0.221. The molecule has 1 amide bonds. The normalized spacial score (nSPS) is 10.3. The summed E-state index contributed by atoms with van der Waals surface area (Å²) in [5.41, 5.74) is 8.09. The van der Waals surface area contributed by atoms with Gasteiger partial charge < -0.3 is 15.8 Å². The number of H-pyrrole nitrogens is 1. The van der Waals surface area contributed by atoms with Crippen LogP contribution in [0, 0.1) is 0 Å². The maximum atomic E-state index is 12.0. The van der Waals surface area contributed by atoms with Crippen molar-refractivity contribution in [2.75, 3.05) is 12.8 Å². The SMILES string of the molecule is CCc1[nH]nc(C(=O)NCc2ccc(OC)nc2)c1N. The fraction of sp³-hybridized carbons (Fsp3) is 0.308. The molecule has 2 rings (SSSR count). The fourth-order valence-corrected chi connectivity index (χ4v) is 1.73. The monoisotopic (exact) mass is 275 g/mol. The number of carbonyl (C=O) groups excluding carboxylic acids is 1. The lowest BCUT2D eigenvalue weighted by atomic mass is 10.2. The van der Waals surface area contributed by atoms with Crippen LogP contribution in [0.3, 0.4) is 0 Å². The van der Waals surface area contributed by atoms with Crippen LogP contribution in [0.25, 0.3) is 0 Å². The van der Waals surface area contributed by atoms with Crippen molar-refractivity contribution in [3.8, 4) is 5.88 Å². The van der Waals surface area contributed by atoms with Crippen molar-refractivity contribution in [3.63, 3.8) is 0 Å². The van der Waals surface area contributed by atoms with Gasteiger partial charge in [-0.1, -0.05) is 13.0 Å². The van der Waals surface area contributed by atoms with Crippen molar-refractivity contribution in [3.05, 3.63) is 35.3 Å². The molecule has 0 radical (unpaired) electrons. The van der Waals surface area contributed by atoms with Crippen LogP contribution in [-0.2, 0) is 13.0 Å². The third-order valence-corrected chi connectivity index (χ3v) is 2.91. The molecule has 106 valence electrons. The number of aromatic nitrogens is 3. The van der Waals surface area contributed by atoms with Crippen LogP contribution in [0.15, 0.2) is 18.3 Å². The minimum absolute atomic E-state index is 0.225. The van der Waals surface area contributed by atoms with Crippen molar-refractivity contribution in [2.24, 2.45) is 0 Å². The first kappa shape index (κ1) is 13.9. The van der Waals surface area contributed by atoms with Gasteiger partial charge in [-0.05, 0) is 12.0 Å². The molecule has 7 heteroatoms. The zero-order valence-electron chi connectivity index (χ0n) is 11.4. The quantitative estimate of drug-likeness (QED) is 0.751. The standard InChI is InChI=1S/C13H17N5O2/c1-3-9-11(14)12(18-17-9)13(19)16-7-8-4-5-10(20-2)15-6-8/h4-6H,3,7,14H2,1-2H3,(H,16,19)(H,17,18). The zero-order valence-corrected chi connectivity index (χ0v) is 11.4. The highest BCUT2D eigenvalue weighted by atomic mass is 16.5. The molecular weight excluding hydrogens is 258 g/mol. The molecule has 2 aromatic rings. The summed E-state index contributed by atoms with van der Waals surface area (Å²) in [7, 11) is 1.55. The number of nitrogens with two attached hydrogens (primary N) is 1. The summed E-state index contributed by atoms with van der Waals surface area (Å²) < 4.78 is 4.97. The average molecular weight is 275 g/mol. The molecule has 2 aromatic heterocycles. The first-order valence-corrected chi connectivity index (χ1v) is 6.25. The second kappa shape index (κ2) is 6.05. The number of rotatable bonds is 5. The van der Waals surface area contributed by atoms with Gasteiger partial charge in [0, 0.05) is 18.8 Å². The number of anilines is 1. The van der Waals surface area contributed by atoms with Crippen molar-refractivity contribution >= 4 is 11.6 Å². The number of aromatic amines is 1. The molecule has 0 atom stereocenters. The summed E-state index contributed by atoms with van der Waals surface area (Å²) in [6.07, 6.45) is 2.35. The summed E-state index contributed by atoms with van der Waals surface area (Å²) in [6, 6.07) is 3.57. The molecule has 0 spiro atoms. The highest BCUT2D eigenvalue weighted by Gasteiger charge is 2.15. The summed E-state index contributed by atoms with van der Waals surface area (Å²) >= 11 is 0. The Morgan fingerprint density at radius 2 is 2.30 bits per heavy atom. The van der Waals surface area contributed by atoms with Crippen LogP contribution in [-0.4, -0.2) is 28.2 Å². The second-order valence-electron chi connectivity index (χ2n) is 4.21. The molecule has 0 unspecified atom stereocenters. The number of methoxy groups -OCH3 is 1. The predicted molar refractivity (Wildman–Crippen MR) is 74.3 cm³/mol. The molecule has 2 heterocycles. The molecule has 0 aliphatic carbocycles. The maximum Gasteiger partial charge on any atom is 0.274 e. The molecule has 0 bridgehead atoms. The predicted octanol–water partition coefficient (Wildman–Crippen LogP) is 0.888. The molecule has 0 aliphatic rings. The van der Waals surface area contributed by atoms with Crippen molar-refractivity contribution < 1.29 is 9.53 Å². The van der Waals surface area contributed by atoms with E-state index in [1.165, 1.54) is 0 Å². The molecule has 7 nitrogen and oxygen atoms in total. The van der Waals surface area contributed by atoms with Gasteiger partial charge in [0.1, 0.15) is 0 Å². The van der Waals surface area contributed by atoms with Crippen LogP contribution in [0.5, 0.6) is 5.88 Å². The van der Waals surface area contributed by atoms with Crippen LogP contribution in [0.2, 0.25) is 0 Å². The van der Waals surface area contributed by atoms with E-state index < -0.39 is 0 Å². The molecule has 0 saturated carbocycles. The van der Waals surface area contributed by atoms with E-state index in [-0.39, 0.29) is 11.6 Å². The van der Waals surface area contributed by atoms with Gasteiger partial charge in [-0.3, -0.25) is 9.89 Å². The Kier molecular flexibility index (Phi) is 4.19. The van der Waals surface area contributed by atoms with Crippen LogP contribution < -0.4 is 15.8 Å². The van der Waals surface area contributed by atoms with E-state index in [2.05, 4.69) is 20.5 Å². The number of nitrogens with zero attached hydrogens (tertiary/aromatic N) is 2. The largest absolute Gasteiger partial charge is 0.481 e. The Morgan fingerprint density at radius 1 is 1.50 bits per heavy atom. The minimum atomic E-state index is -0.311. The van der Waals surface area contributed by atoms with Gasteiger partial charge in [-0.15, -0.1) is 0 Å². The number of hydrogen-bond donors (Lipinski definition) is 3. The number of aryl methyl sites for hydroxylation is 1. The first-order chi connectivity index (χ1) is 9.65. The van der Waals surface area contributed by atoms with Crippen molar-refractivity contribution in [1.82, 2.24) is 20.5 Å². The fourth-order valence-electron chi connectivity index (χ4n) is 1.73. The number of nitrogens with one attached hydrogen (secondary N) is 2. The molecule has 0 fully saturated rings. The van der Waals surface area contributed by atoms with Gasteiger partial charge in [-0.2, -0.15) is 5.10 Å². The van der Waals surface area contributed by atoms with Crippen LogP contribution in [0.4, 0.5) is 5.69 Å². The zero-order chi connectivity index (χ0) is 14.5. The van der Waals surface area contributed by atoms with Gasteiger partial charge in [0.25, 0.3) is 5.91 Å². The molecule has 0 aliphatic heterocycles. The highest BCUT2D eigenvalue weighted by molar-refractivity contribution is 5.97. The Hall–Kier alpha value is -2.57. The van der Waals surface area contributed by atoms with Crippen molar-refractivity contribution in [2.45, 2.75) is 19.9 Å². The highest BCUT2D eigenvalue weighted by Crippen LogP contribution is 2.14. The summed E-state index contributed by atoms with van der Waals surface area (Å²) in [5, 5.41) is 9.43. The lowest BCUT2D eigenvalue weighted by molar-refractivity contribution is 0.0947. The van der Waals surface area contributed by atoms with E-state index >= 15 is 0 Å². The first-order valence-electron chi connectivity index (χ1n) is 6.25. The summed E-state index contributed by atoms with van der Waals surface area (Å²) in [4.78, 5) is 16.0. The van der Waals surface area contributed by atoms with Gasteiger partial charge in [0.05, 0.1) is 18.5 Å². The van der Waals surface area contributed by atoms with Gasteiger partial charge >= 0.3 is 0 Å². The van der Waals surface area contributed by atoms with E-state index in [9.17, 15) is 4.79 Å². The third-order valence-electron chi connectivity index (χ3n) is 2.91. The average Bonchev–Trinajstić information content (AvgIpc) is 2.86. The Labute approximate surface area is 116 Å². The van der Waals surface area contributed by atoms with E-state index in [0.29, 0.717) is 24.5 Å². The summed E-state index contributed by atoms with van der Waals surface area (Å²) in [6.45, 7) is 2.29. The number of ether oxygens (including phenoxy) is 1. The van der Waals surface area contributed by atoms with Crippen LogP contribution in [0.1, 0.15) is 28.7 Å². The number of amides is 1. The van der Waals surface area contributed by atoms with Gasteiger partial charge in [0.15, 0.2) is 5.69 Å². The van der Waals surface area contributed by atoms with E-state index in [0.717, 1.165) is 11.3 Å². The molecule has 20 heavy (non-hydrogen) atoms. The van der Waals surface area contributed by atoms with Crippen molar-refractivity contribution in [1.29, 1.82) is 0 Å². The lowest BCUT2D eigenvalue weighted by Gasteiger charge is -2.05. The van der Waals surface area contributed by atoms with Gasteiger partial charge in [0.2, 0.25) is 5.88 Å². The topological polar surface area (TPSA) is 106 Å². The smallest absolute Gasteiger partial charge is 0.274 e. The second-order valence-corrected chi connectivity index (χ2v) is 4.21. The number of nitrogen functional groups attached to an aromatic ring is 1. The van der Waals surface area contributed by atoms with E-state index in [1.54, 1.807) is 19.4 Å².